The molecule has 0 radical (unpaired) electrons. The highest BCUT2D eigenvalue weighted by atomic mass is 35.5. The summed E-state index contributed by atoms with van der Waals surface area (Å²) in [6, 6.07) is 9.43. The van der Waals surface area contributed by atoms with E-state index in [1.165, 1.54) is 0 Å². The summed E-state index contributed by atoms with van der Waals surface area (Å²) in [7, 11) is 0. The second kappa shape index (κ2) is 7.13. The number of aromatic nitrogens is 1. The Kier molecular flexibility index (Phi) is 4.79. The number of pyridine rings is 1. The Morgan fingerprint density at radius 3 is 2.75 bits per heavy atom. The average Bonchev–Trinajstić information content (AvgIpc) is 3.06. The van der Waals surface area contributed by atoms with Gasteiger partial charge >= 0.3 is 0 Å². The normalized spacial score (nSPS) is 21.0. The molecule has 6 heteroatoms. The number of carbonyl (C=O) groups excluding carboxylic acids is 1. The van der Waals surface area contributed by atoms with Crippen LogP contribution in [-0.4, -0.2) is 22.5 Å². The lowest BCUT2D eigenvalue weighted by atomic mass is 9.91. The van der Waals surface area contributed by atoms with E-state index in [9.17, 15) is 9.59 Å². The van der Waals surface area contributed by atoms with Crippen LogP contribution in [-0.2, 0) is 11.2 Å². The van der Waals surface area contributed by atoms with E-state index >= 15 is 0 Å². The second-order valence-corrected chi connectivity index (χ2v) is 8.43. The highest BCUT2D eigenvalue weighted by Gasteiger charge is 2.27. The Morgan fingerprint density at radius 1 is 1.21 bits per heavy atom. The van der Waals surface area contributed by atoms with E-state index < -0.39 is 0 Å². The smallest absolute Gasteiger partial charge is 0.267 e. The van der Waals surface area contributed by atoms with Crippen molar-refractivity contribution in [3.8, 4) is 5.75 Å². The number of aromatic amines is 1. The summed E-state index contributed by atoms with van der Waals surface area (Å²) in [5.74, 6) is 0.949. The maximum atomic E-state index is 12.1. The van der Waals surface area contributed by atoms with Gasteiger partial charge in [-0.2, -0.15) is 0 Å². The number of aryl methyl sites for hydroxylation is 1. The molecule has 146 valence electrons. The summed E-state index contributed by atoms with van der Waals surface area (Å²) < 4.78 is 6.09. The van der Waals surface area contributed by atoms with Crippen LogP contribution in [0.15, 0.2) is 41.2 Å². The van der Waals surface area contributed by atoms with Gasteiger partial charge in [-0.1, -0.05) is 23.7 Å². The first-order chi connectivity index (χ1) is 13.3. The first kappa shape index (κ1) is 18.8. The lowest BCUT2D eigenvalue weighted by Crippen LogP contribution is -2.32. The van der Waals surface area contributed by atoms with Gasteiger partial charge in [-0.05, 0) is 68.5 Å². The van der Waals surface area contributed by atoms with Crippen molar-refractivity contribution in [1.29, 1.82) is 0 Å². The SMILES string of the molecule is CC1(C)CCc2cc(C(=C[C@H]3CCC(=O)N3)c3ccc(Cl)c(=O)[nH]3)ccc2O1. The molecule has 2 aromatic rings. The molecule has 0 bridgehead atoms. The van der Waals surface area contributed by atoms with Gasteiger partial charge in [0, 0.05) is 23.7 Å². The van der Waals surface area contributed by atoms with Crippen molar-refractivity contribution >= 4 is 23.1 Å². The van der Waals surface area contributed by atoms with Crippen molar-refractivity contribution < 1.29 is 9.53 Å². The van der Waals surface area contributed by atoms with Gasteiger partial charge in [0.25, 0.3) is 5.56 Å². The van der Waals surface area contributed by atoms with Gasteiger partial charge in [-0.15, -0.1) is 0 Å². The van der Waals surface area contributed by atoms with Crippen LogP contribution in [0, 0.1) is 0 Å². The van der Waals surface area contributed by atoms with Crippen LogP contribution in [0.25, 0.3) is 5.57 Å². The largest absolute Gasteiger partial charge is 0.488 e. The Labute approximate surface area is 168 Å². The van der Waals surface area contributed by atoms with Crippen LogP contribution in [0.4, 0.5) is 0 Å². The highest BCUT2D eigenvalue weighted by Crippen LogP contribution is 2.36. The molecule has 5 nitrogen and oxygen atoms in total. The summed E-state index contributed by atoms with van der Waals surface area (Å²) in [6.45, 7) is 4.19. The molecule has 1 saturated heterocycles. The Balaban J connectivity index is 1.77. The van der Waals surface area contributed by atoms with Gasteiger partial charge in [0.05, 0.1) is 0 Å². The molecule has 2 aliphatic rings. The van der Waals surface area contributed by atoms with E-state index in [1.807, 2.05) is 18.2 Å². The molecule has 1 atom stereocenters. The molecule has 0 saturated carbocycles. The molecule has 2 aliphatic heterocycles. The lowest BCUT2D eigenvalue weighted by molar-refractivity contribution is -0.119. The van der Waals surface area contributed by atoms with Crippen LogP contribution in [0.2, 0.25) is 5.02 Å². The molecule has 0 unspecified atom stereocenters. The highest BCUT2D eigenvalue weighted by molar-refractivity contribution is 6.30. The zero-order chi connectivity index (χ0) is 19.9. The van der Waals surface area contributed by atoms with Crippen molar-refractivity contribution in [2.45, 2.75) is 51.2 Å². The van der Waals surface area contributed by atoms with Crippen LogP contribution < -0.4 is 15.6 Å². The number of hydrogen-bond acceptors (Lipinski definition) is 3. The van der Waals surface area contributed by atoms with Crippen LogP contribution >= 0.6 is 11.6 Å². The van der Waals surface area contributed by atoms with Gasteiger partial charge in [0.15, 0.2) is 0 Å². The number of amides is 1. The van der Waals surface area contributed by atoms with Crippen molar-refractivity contribution in [3.05, 3.63) is 68.6 Å². The molecule has 1 aromatic carbocycles. The number of fused-ring (bicyclic) bond motifs is 1. The number of nitrogens with one attached hydrogen (secondary N) is 2. The topological polar surface area (TPSA) is 71.2 Å². The van der Waals surface area contributed by atoms with Gasteiger partial charge < -0.3 is 15.0 Å². The fourth-order valence-corrected chi connectivity index (χ4v) is 3.85. The first-order valence-electron chi connectivity index (χ1n) is 9.53. The Morgan fingerprint density at radius 2 is 2.04 bits per heavy atom. The summed E-state index contributed by atoms with van der Waals surface area (Å²) in [5.41, 5.74) is 3.17. The maximum Gasteiger partial charge on any atom is 0.267 e. The third-order valence-corrected chi connectivity index (χ3v) is 5.60. The molecule has 3 heterocycles. The molecule has 0 aliphatic carbocycles. The molecular formula is C22H23ClN2O3. The minimum absolute atomic E-state index is 0.0475. The molecule has 2 N–H and O–H groups in total. The molecule has 1 amide bonds. The van der Waals surface area contributed by atoms with E-state index in [4.69, 9.17) is 16.3 Å². The molecule has 28 heavy (non-hydrogen) atoms. The molecule has 4 rings (SSSR count). The van der Waals surface area contributed by atoms with Crippen molar-refractivity contribution in [3.63, 3.8) is 0 Å². The van der Waals surface area contributed by atoms with Crippen LogP contribution in [0.5, 0.6) is 5.75 Å². The summed E-state index contributed by atoms with van der Waals surface area (Å²) >= 11 is 5.91. The number of rotatable bonds is 3. The zero-order valence-electron chi connectivity index (χ0n) is 16.0. The van der Waals surface area contributed by atoms with Crippen LogP contribution in [0.1, 0.15) is 49.9 Å². The molecular weight excluding hydrogens is 376 g/mol. The fraction of sp³-hybridized carbons (Fsp3) is 0.364. The standard InChI is InChI=1S/C22H23ClN2O3/c1-22(2)10-9-14-11-13(3-7-19(14)28-22)16(12-15-4-8-20(26)24-15)18-6-5-17(23)21(27)25-18/h3,5-7,11-12,15H,4,8-10H2,1-2H3,(H,24,26)(H,25,27)/t15-/m1/s1. The van der Waals surface area contributed by atoms with Crippen molar-refractivity contribution in [1.82, 2.24) is 10.3 Å². The number of hydrogen-bond donors (Lipinski definition) is 2. The minimum atomic E-state index is -0.330. The predicted molar refractivity (Wildman–Crippen MR) is 110 cm³/mol. The minimum Gasteiger partial charge on any atom is -0.488 e. The van der Waals surface area contributed by atoms with E-state index in [-0.39, 0.29) is 28.1 Å². The average molecular weight is 399 g/mol. The number of benzene rings is 1. The number of halogens is 1. The molecule has 0 spiro atoms. The summed E-state index contributed by atoms with van der Waals surface area (Å²) in [6.07, 6.45) is 5.14. The number of carbonyl (C=O) groups is 1. The molecule has 1 aromatic heterocycles. The van der Waals surface area contributed by atoms with E-state index in [0.29, 0.717) is 12.1 Å². The van der Waals surface area contributed by atoms with E-state index in [1.54, 1.807) is 12.1 Å². The first-order valence-corrected chi connectivity index (χ1v) is 9.91. The Hall–Kier alpha value is -2.53. The summed E-state index contributed by atoms with van der Waals surface area (Å²) in [5, 5.41) is 3.12. The number of ether oxygens (including phenoxy) is 1. The van der Waals surface area contributed by atoms with Crippen LogP contribution in [0.3, 0.4) is 0 Å². The third-order valence-electron chi connectivity index (χ3n) is 5.30. The molecule has 1 fully saturated rings. The fourth-order valence-electron chi connectivity index (χ4n) is 3.74. The van der Waals surface area contributed by atoms with Gasteiger partial charge in [0.1, 0.15) is 16.4 Å². The number of H-pyrrole nitrogens is 1. The monoisotopic (exact) mass is 398 g/mol. The van der Waals surface area contributed by atoms with E-state index in [0.717, 1.165) is 41.7 Å². The maximum absolute atomic E-state index is 12.1. The van der Waals surface area contributed by atoms with Crippen molar-refractivity contribution in [2.24, 2.45) is 0 Å². The lowest BCUT2D eigenvalue weighted by Gasteiger charge is -2.32. The second-order valence-electron chi connectivity index (χ2n) is 8.03. The predicted octanol–water partition coefficient (Wildman–Crippen LogP) is 3.84. The third kappa shape index (κ3) is 3.85. The van der Waals surface area contributed by atoms with Gasteiger partial charge in [-0.25, -0.2) is 0 Å². The quantitative estimate of drug-likeness (QED) is 0.825. The van der Waals surface area contributed by atoms with Crippen molar-refractivity contribution in [2.75, 3.05) is 0 Å². The van der Waals surface area contributed by atoms with E-state index in [2.05, 4.69) is 30.2 Å². The zero-order valence-corrected chi connectivity index (χ0v) is 16.7. The van der Waals surface area contributed by atoms with Gasteiger partial charge in [-0.3, -0.25) is 9.59 Å². The van der Waals surface area contributed by atoms with Gasteiger partial charge in [0.2, 0.25) is 5.91 Å². The summed E-state index contributed by atoms with van der Waals surface area (Å²) in [4.78, 5) is 26.5. The Bertz CT molecular complexity index is 1020.